The standard InChI is InChI=1S/C18H20ClN5O/c1-12-4-2-3-9-23(12)11-15-10-16(25)24-18(20-15)21-17(22-24)13-5-7-14(19)8-6-13/h5-8,10,12H,2-4,9,11H2,1H3,(H,20,21,22)/t12-/m1/s1. The van der Waals surface area contributed by atoms with Gasteiger partial charge < -0.3 is 0 Å². The van der Waals surface area contributed by atoms with Gasteiger partial charge in [-0.2, -0.15) is 9.50 Å². The molecule has 1 aromatic carbocycles. The number of fused-ring (bicyclic) bond motifs is 1. The van der Waals surface area contributed by atoms with Crippen LogP contribution in [0, 0.1) is 0 Å². The van der Waals surface area contributed by atoms with Gasteiger partial charge >= 0.3 is 0 Å². The predicted octanol–water partition coefficient (Wildman–Crippen LogP) is 3.11. The summed E-state index contributed by atoms with van der Waals surface area (Å²) in [5.74, 6) is 1.00. The first-order valence-corrected chi connectivity index (χ1v) is 8.96. The van der Waals surface area contributed by atoms with Crippen molar-refractivity contribution >= 4 is 17.4 Å². The molecule has 3 heterocycles. The maximum Gasteiger partial charge on any atom is 0.274 e. The highest BCUT2D eigenvalue weighted by Gasteiger charge is 2.19. The van der Waals surface area contributed by atoms with Crippen LogP contribution in [-0.4, -0.2) is 37.1 Å². The fourth-order valence-electron chi connectivity index (χ4n) is 3.35. The van der Waals surface area contributed by atoms with Gasteiger partial charge in [-0.25, -0.2) is 4.98 Å². The maximum atomic E-state index is 12.4. The van der Waals surface area contributed by atoms with E-state index in [1.807, 2.05) is 12.1 Å². The van der Waals surface area contributed by atoms with E-state index < -0.39 is 0 Å². The van der Waals surface area contributed by atoms with Gasteiger partial charge in [-0.1, -0.05) is 18.0 Å². The third kappa shape index (κ3) is 3.32. The van der Waals surface area contributed by atoms with Crippen molar-refractivity contribution in [2.24, 2.45) is 0 Å². The van der Waals surface area contributed by atoms with Crippen molar-refractivity contribution in [3.05, 3.63) is 51.4 Å². The molecule has 0 saturated carbocycles. The molecular formula is C18H20ClN5O. The molecule has 1 fully saturated rings. The Morgan fingerprint density at radius 2 is 2.04 bits per heavy atom. The number of hydrogen-bond acceptors (Lipinski definition) is 4. The number of nitrogens with zero attached hydrogens (tertiary/aromatic N) is 4. The number of likely N-dealkylation sites (tertiary alicyclic amines) is 1. The van der Waals surface area contributed by atoms with Gasteiger partial charge in [0.2, 0.25) is 0 Å². The molecule has 0 aliphatic carbocycles. The van der Waals surface area contributed by atoms with Crippen molar-refractivity contribution < 1.29 is 0 Å². The van der Waals surface area contributed by atoms with Crippen molar-refractivity contribution in [1.82, 2.24) is 24.5 Å². The highest BCUT2D eigenvalue weighted by atomic mass is 35.5. The van der Waals surface area contributed by atoms with Gasteiger partial charge in [0, 0.05) is 29.2 Å². The van der Waals surface area contributed by atoms with E-state index in [9.17, 15) is 4.79 Å². The lowest BCUT2D eigenvalue weighted by atomic mass is 10.0. The molecule has 1 aliphatic heterocycles. The lowest BCUT2D eigenvalue weighted by Crippen LogP contribution is -2.37. The zero-order chi connectivity index (χ0) is 17.4. The third-order valence-electron chi connectivity index (χ3n) is 4.81. The topological polar surface area (TPSA) is 66.3 Å². The van der Waals surface area contributed by atoms with Crippen molar-refractivity contribution in [2.75, 3.05) is 6.54 Å². The van der Waals surface area contributed by atoms with Crippen LogP contribution in [0.25, 0.3) is 17.2 Å². The van der Waals surface area contributed by atoms with Crippen LogP contribution in [0.1, 0.15) is 31.9 Å². The normalized spacial score (nSPS) is 18.7. The summed E-state index contributed by atoms with van der Waals surface area (Å²) >= 11 is 5.93. The van der Waals surface area contributed by atoms with Crippen LogP contribution in [0.15, 0.2) is 35.1 Å². The van der Waals surface area contributed by atoms with Crippen LogP contribution >= 0.6 is 11.6 Å². The Balaban J connectivity index is 1.67. The van der Waals surface area contributed by atoms with E-state index in [1.165, 1.54) is 23.8 Å². The molecule has 6 nitrogen and oxygen atoms in total. The molecule has 0 radical (unpaired) electrons. The molecule has 4 rings (SSSR count). The van der Waals surface area contributed by atoms with Crippen LogP contribution in [0.3, 0.4) is 0 Å². The largest absolute Gasteiger partial charge is 0.295 e. The third-order valence-corrected chi connectivity index (χ3v) is 5.06. The Kier molecular flexibility index (Phi) is 4.31. The molecule has 2 aromatic heterocycles. The fourth-order valence-corrected chi connectivity index (χ4v) is 3.47. The van der Waals surface area contributed by atoms with Gasteiger partial charge in [-0.05, 0) is 50.6 Å². The van der Waals surface area contributed by atoms with Crippen LogP contribution in [0.5, 0.6) is 0 Å². The van der Waals surface area contributed by atoms with Crippen LogP contribution < -0.4 is 5.56 Å². The molecule has 1 atom stereocenters. The van der Waals surface area contributed by atoms with E-state index in [-0.39, 0.29) is 5.56 Å². The summed E-state index contributed by atoms with van der Waals surface area (Å²) in [6, 6.07) is 9.44. The molecule has 1 saturated heterocycles. The number of hydrogen-bond donors (Lipinski definition) is 1. The average Bonchev–Trinajstić information content (AvgIpc) is 3.02. The highest BCUT2D eigenvalue weighted by Crippen LogP contribution is 2.20. The quantitative estimate of drug-likeness (QED) is 0.782. The summed E-state index contributed by atoms with van der Waals surface area (Å²) in [6.07, 6.45) is 3.68. The van der Waals surface area contributed by atoms with E-state index in [4.69, 9.17) is 11.6 Å². The van der Waals surface area contributed by atoms with E-state index in [1.54, 1.807) is 18.2 Å². The van der Waals surface area contributed by atoms with Gasteiger partial charge in [0.05, 0.1) is 5.69 Å². The Labute approximate surface area is 150 Å². The van der Waals surface area contributed by atoms with E-state index in [2.05, 4.69) is 26.9 Å². The fraction of sp³-hybridized carbons (Fsp3) is 0.389. The van der Waals surface area contributed by atoms with Crippen molar-refractivity contribution in [2.45, 2.75) is 38.8 Å². The molecule has 0 amide bonds. The van der Waals surface area contributed by atoms with E-state index in [0.29, 0.717) is 29.2 Å². The number of piperidine rings is 1. The van der Waals surface area contributed by atoms with Gasteiger partial charge in [0.1, 0.15) is 0 Å². The highest BCUT2D eigenvalue weighted by molar-refractivity contribution is 6.30. The molecule has 0 bridgehead atoms. The number of nitrogens with one attached hydrogen (secondary N) is 1. The maximum absolute atomic E-state index is 12.4. The molecule has 1 aliphatic rings. The zero-order valence-electron chi connectivity index (χ0n) is 14.1. The molecule has 3 aromatic rings. The monoisotopic (exact) mass is 357 g/mol. The Morgan fingerprint density at radius 3 is 2.80 bits per heavy atom. The summed E-state index contributed by atoms with van der Waals surface area (Å²) in [4.78, 5) is 23.9. The second-order valence-corrected chi connectivity index (χ2v) is 7.05. The minimum absolute atomic E-state index is 0.141. The summed E-state index contributed by atoms with van der Waals surface area (Å²) in [7, 11) is 0. The molecule has 1 N–H and O–H groups in total. The summed E-state index contributed by atoms with van der Waals surface area (Å²) in [6.45, 7) is 3.98. The van der Waals surface area contributed by atoms with Gasteiger partial charge in [-0.3, -0.25) is 14.8 Å². The first-order valence-electron chi connectivity index (χ1n) is 8.59. The second kappa shape index (κ2) is 6.61. The SMILES string of the molecule is C[C@@H]1CCCCN1Cc1cc(=O)n2[nH]c(-c3ccc(Cl)cc3)nc2n1. The summed E-state index contributed by atoms with van der Waals surface area (Å²) in [5.41, 5.74) is 1.49. The number of H-pyrrole nitrogens is 1. The van der Waals surface area contributed by atoms with Gasteiger partial charge in [-0.15, -0.1) is 0 Å². The minimum atomic E-state index is -0.141. The summed E-state index contributed by atoms with van der Waals surface area (Å²) in [5, 5.41) is 3.67. The average molecular weight is 358 g/mol. The van der Waals surface area contributed by atoms with Crippen LogP contribution in [-0.2, 0) is 6.54 Å². The number of aromatic nitrogens is 4. The molecule has 7 heteroatoms. The number of halogens is 1. The van der Waals surface area contributed by atoms with Gasteiger partial charge in [0.15, 0.2) is 5.82 Å². The smallest absolute Gasteiger partial charge is 0.274 e. The first-order chi connectivity index (χ1) is 12.1. The van der Waals surface area contributed by atoms with Crippen molar-refractivity contribution in [3.8, 4) is 11.4 Å². The number of benzene rings is 1. The Morgan fingerprint density at radius 1 is 1.24 bits per heavy atom. The van der Waals surface area contributed by atoms with Crippen LogP contribution in [0.2, 0.25) is 5.02 Å². The molecule has 0 spiro atoms. The van der Waals surface area contributed by atoms with Crippen molar-refractivity contribution in [3.63, 3.8) is 0 Å². The lowest BCUT2D eigenvalue weighted by Gasteiger charge is -2.32. The summed E-state index contributed by atoms with van der Waals surface area (Å²) < 4.78 is 1.38. The molecule has 130 valence electrons. The first kappa shape index (κ1) is 16.3. The number of aromatic amines is 1. The van der Waals surface area contributed by atoms with Crippen molar-refractivity contribution in [1.29, 1.82) is 0 Å². The minimum Gasteiger partial charge on any atom is -0.295 e. The molecule has 25 heavy (non-hydrogen) atoms. The molecular weight excluding hydrogens is 338 g/mol. The second-order valence-electron chi connectivity index (χ2n) is 6.62. The zero-order valence-corrected chi connectivity index (χ0v) is 14.8. The Hall–Kier alpha value is -2.18. The lowest BCUT2D eigenvalue weighted by molar-refractivity contribution is 0.151. The van der Waals surface area contributed by atoms with E-state index in [0.717, 1.165) is 17.8 Å². The van der Waals surface area contributed by atoms with Crippen LogP contribution in [0.4, 0.5) is 0 Å². The number of rotatable bonds is 3. The molecule has 0 unspecified atom stereocenters. The Bertz CT molecular complexity index is 946. The van der Waals surface area contributed by atoms with E-state index >= 15 is 0 Å². The van der Waals surface area contributed by atoms with Gasteiger partial charge in [0.25, 0.3) is 11.3 Å². The predicted molar refractivity (Wildman–Crippen MR) is 97.8 cm³/mol.